The van der Waals surface area contributed by atoms with E-state index in [0.717, 1.165) is 11.1 Å². The van der Waals surface area contributed by atoms with Crippen LogP contribution in [0.2, 0.25) is 0 Å². The zero-order valence-corrected chi connectivity index (χ0v) is 20.5. The van der Waals surface area contributed by atoms with Gasteiger partial charge in [0.25, 0.3) is 5.56 Å². The molecule has 0 atom stereocenters. The van der Waals surface area contributed by atoms with Gasteiger partial charge in [-0.15, -0.1) is 0 Å². The molecule has 0 radical (unpaired) electrons. The van der Waals surface area contributed by atoms with Gasteiger partial charge in [0, 0.05) is 23.5 Å². The van der Waals surface area contributed by atoms with E-state index in [1.54, 1.807) is 42.0 Å². The highest BCUT2D eigenvalue weighted by Crippen LogP contribution is 2.28. The van der Waals surface area contributed by atoms with Crippen LogP contribution in [0.3, 0.4) is 0 Å². The van der Waals surface area contributed by atoms with Crippen LogP contribution in [0.5, 0.6) is 0 Å². The van der Waals surface area contributed by atoms with Crippen LogP contribution in [0.1, 0.15) is 37.2 Å². The van der Waals surface area contributed by atoms with E-state index >= 15 is 0 Å². The topological polar surface area (TPSA) is 106 Å². The van der Waals surface area contributed by atoms with Crippen molar-refractivity contribution in [1.82, 2.24) is 14.5 Å². The zero-order valence-electron chi connectivity index (χ0n) is 19.7. The highest BCUT2D eigenvalue weighted by molar-refractivity contribution is 7.99. The number of hydrogen-bond donors (Lipinski definition) is 2. The molecule has 2 heterocycles. The van der Waals surface area contributed by atoms with E-state index in [4.69, 9.17) is 9.72 Å². The van der Waals surface area contributed by atoms with Crippen LogP contribution in [0.15, 0.2) is 70.7 Å². The maximum atomic E-state index is 13.2. The highest BCUT2D eigenvalue weighted by Gasteiger charge is 2.19. The van der Waals surface area contributed by atoms with Crippen LogP contribution in [0.25, 0.3) is 22.2 Å². The first-order chi connectivity index (χ1) is 16.9. The smallest absolute Gasteiger partial charge is 0.338 e. The third-order valence-electron chi connectivity index (χ3n) is 5.31. The summed E-state index contributed by atoms with van der Waals surface area (Å²) in [6, 6.07) is 16.1. The predicted octanol–water partition coefficient (Wildman–Crippen LogP) is 4.88. The van der Waals surface area contributed by atoms with Gasteiger partial charge in [0.15, 0.2) is 5.16 Å². The highest BCUT2D eigenvalue weighted by atomic mass is 32.2. The molecular weight excluding hydrogens is 464 g/mol. The third-order valence-corrected chi connectivity index (χ3v) is 6.27. The fourth-order valence-electron chi connectivity index (χ4n) is 3.68. The van der Waals surface area contributed by atoms with Gasteiger partial charge in [-0.1, -0.05) is 42.1 Å². The Labute approximate surface area is 206 Å². The molecule has 4 rings (SSSR count). The van der Waals surface area contributed by atoms with E-state index in [0.29, 0.717) is 34.0 Å². The lowest BCUT2D eigenvalue weighted by Gasteiger charge is -2.15. The molecular formula is C26H26N4O4S. The van der Waals surface area contributed by atoms with Gasteiger partial charge in [0.05, 0.1) is 17.9 Å². The molecule has 0 bridgehead atoms. The van der Waals surface area contributed by atoms with E-state index < -0.39 is 5.97 Å². The number of carbonyl (C=O) groups excluding carboxylic acids is 2. The number of benzene rings is 2. The Balaban J connectivity index is 1.55. The average molecular weight is 491 g/mol. The number of hydrogen-bond acceptors (Lipinski definition) is 6. The summed E-state index contributed by atoms with van der Waals surface area (Å²) in [7, 11) is 0. The van der Waals surface area contributed by atoms with Gasteiger partial charge >= 0.3 is 5.97 Å². The van der Waals surface area contributed by atoms with Gasteiger partial charge < -0.3 is 15.0 Å². The number of anilines is 1. The molecule has 0 saturated carbocycles. The molecule has 2 N–H and O–H groups in total. The average Bonchev–Trinajstić information content (AvgIpc) is 3.28. The monoisotopic (exact) mass is 490 g/mol. The molecule has 0 aliphatic carbocycles. The van der Waals surface area contributed by atoms with Crippen molar-refractivity contribution < 1.29 is 14.3 Å². The molecule has 9 heteroatoms. The molecule has 0 spiro atoms. The Bertz CT molecular complexity index is 1410. The maximum absolute atomic E-state index is 13.2. The lowest BCUT2D eigenvalue weighted by molar-refractivity contribution is -0.113. The minimum absolute atomic E-state index is 0.0649. The number of aromatic nitrogens is 3. The first kappa shape index (κ1) is 24.3. The molecule has 2 aromatic heterocycles. The van der Waals surface area contributed by atoms with E-state index in [2.05, 4.69) is 10.3 Å². The maximum Gasteiger partial charge on any atom is 0.338 e. The van der Waals surface area contributed by atoms with Crippen LogP contribution < -0.4 is 10.9 Å². The van der Waals surface area contributed by atoms with Crippen LogP contribution in [-0.4, -0.2) is 38.8 Å². The van der Waals surface area contributed by atoms with Crippen molar-refractivity contribution >= 4 is 40.4 Å². The van der Waals surface area contributed by atoms with Gasteiger partial charge in [-0.25, -0.2) is 9.78 Å². The summed E-state index contributed by atoms with van der Waals surface area (Å²) >= 11 is 1.21. The Morgan fingerprint density at radius 2 is 1.83 bits per heavy atom. The fourth-order valence-corrected chi connectivity index (χ4v) is 4.60. The number of ether oxygens (including phenoxy) is 1. The number of carbonyl (C=O) groups is 2. The molecule has 180 valence electrons. The van der Waals surface area contributed by atoms with E-state index in [1.165, 1.54) is 11.8 Å². The molecule has 35 heavy (non-hydrogen) atoms. The Hall–Kier alpha value is -3.85. The Morgan fingerprint density at radius 1 is 1.11 bits per heavy atom. The van der Waals surface area contributed by atoms with Crippen LogP contribution >= 0.6 is 11.8 Å². The van der Waals surface area contributed by atoms with Crippen LogP contribution in [0.4, 0.5) is 5.69 Å². The van der Waals surface area contributed by atoms with Crippen molar-refractivity contribution in [3.8, 4) is 11.1 Å². The predicted molar refractivity (Wildman–Crippen MR) is 138 cm³/mol. The van der Waals surface area contributed by atoms with E-state index in [1.807, 2.05) is 44.2 Å². The summed E-state index contributed by atoms with van der Waals surface area (Å²) in [5.41, 5.74) is 3.60. The lowest BCUT2D eigenvalue weighted by Crippen LogP contribution is -2.26. The van der Waals surface area contributed by atoms with Gasteiger partial charge in [0.1, 0.15) is 11.0 Å². The molecule has 0 unspecified atom stereocenters. The number of nitrogens with zero attached hydrogens (tertiary/aromatic N) is 2. The van der Waals surface area contributed by atoms with Crippen molar-refractivity contribution in [2.45, 2.75) is 32.0 Å². The number of H-pyrrole nitrogens is 1. The van der Waals surface area contributed by atoms with Gasteiger partial charge in [-0.3, -0.25) is 14.2 Å². The Kier molecular flexibility index (Phi) is 7.36. The molecule has 1 amide bonds. The summed E-state index contributed by atoms with van der Waals surface area (Å²) in [5, 5.41) is 3.28. The quantitative estimate of drug-likeness (QED) is 0.207. The SMILES string of the molecule is CCOC(=O)c1ccc(NC(=O)CSc2nc3c(-c4ccccc4)c[nH]c3c(=O)n2C(C)C)cc1. The zero-order chi connectivity index (χ0) is 24.9. The van der Waals surface area contributed by atoms with E-state index in [-0.39, 0.29) is 23.3 Å². The molecule has 0 aliphatic heterocycles. The first-order valence-electron chi connectivity index (χ1n) is 11.3. The summed E-state index contributed by atoms with van der Waals surface area (Å²) < 4.78 is 6.57. The first-order valence-corrected chi connectivity index (χ1v) is 12.3. The summed E-state index contributed by atoms with van der Waals surface area (Å²) in [4.78, 5) is 45.5. The van der Waals surface area contributed by atoms with Gasteiger partial charge in [-0.05, 0) is 50.6 Å². The standard InChI is InChI=1S/C26H26N4O4S/c1-4-34-25(33)18-10-12-19(13-11-18)28-21(31)15-35-26-29-22-20(17-8-6-5-7-9-17)14-27-23(22)24(32)30(26)16(2)3/h5-14,16,27H,4,15H2,1-3H3,(H,28,31). The minimum atomic E-state index is -0.409. The van der Waals surface area contributed by atoms with Gasteiger partial charge in [-0.2, -0.15) is 0 Å². The van der Waals surface area contributed by atoms with Crippen molar-refractivity contribution in [2.24, 2.45) is 0 Å². The molecule has 8 nitrogen and oxygen atoms in total. The number of amides is 1. The Morgan fingerprint density at radius 3 is 2.49 bits per heavy atom. The van der Waals surface area contributed by atoms with Crippen LogP contribution in [0, 0.1) is 0 Å². The molecule has 0 fully saturated rings. The second-order valence-electron chi connectivity index (χ2n) is 8.09. The summed E-state index contributed by atoms with van der Waals surface area (Å²) in [6.07, 6.45) is 1.79. The molecule has 0 aliphatic rings. The van der Waals surface area contributed by atoms with Crippen LogP contribution in [-0.2, 0) is 9.53 Å². The minimum Gasteiger partial charge on any atom is -0.462 e. The number of thioether (sulfide) groups is 1. The summed E-state index contributed by atoms with van der Waals surface area (Å²) in [6.45, 7) is 5.86. The van der Waals surface area contributed by atoms with Gasteiger partial charge in [0.2, 0.25) is 5.91 Å². The van der Waals surface area contributed by atoms with Crippen molar-refractivity contribution in [3.05, 3.63) is 76.7 Å². The fraction of sp³-hybridized carbons (Fsp3) is 0.231. The normalized spacial score (nSPS) is 11.1. The summed E-state index contributed by atoms with van der Waals surface area (Å²) in [5.74, 6) is -0.593. The number of esters is 1. The molecule has 4 aromatic rings. The number of aromatic amines is 1. The van der Waals surface area contributed by atoms with Crippen molar-refractivity contribution in [2.75, 3.05) is 17.7 Å². The second kappa shape index (κ2) is 10.6. The lowest BCUT2D eigenvalue weighted by atomic mass is 10.1. The largest absolute Gasteiger partial charge is 0.462 e. The second-order valence-corrected chi connectivity index (χ2v) is 9.03. The number of fused-ring (bicyclic) bond motifs is 1. The number of nitrogens with one attached hydrogen (secondary N) is 2. The number of rotatable bonds is 8. The third kappa shape index (κ3) is 5.30. The molecule has 2 aromatic carbocycles. The van der Waals surface area contributed by atoms with Crippen molar-refractivity contribution in [1.29, 1.82) is 0 Å². The molecule has 0 saturated heterocycles. The van der Waals surface area contributed by atoms with E-state index in [9.17, 15) is 14.4 Å². The van der Waals surface area contributed by atoms with Crippen molar-refractivity contribution in [3.63, 3.8) is 0 Å².